The maximum absolute atomic E-state index is 12.4. The number of imidazole rings is 1. The molecule has 0 saturated carbocycles. The number of carbonyl (C=O) groups is 2. The van der Waals surface area contributed by atoms with E-state index in [-0.39, 0.29) is 11.8 Å². The van der Waals surface area contributed by atoms with Gasteiger partial charge in [0.25, 0.3) is 11.8 Å². The maximum atomic E-state index is 12.4. The first-order chi connectivity index (χ1) is 13.2. The van der Waals surface area contributed by atoms with E-state index < -0.39 is 0 Å². The number of fused-ring (bicyclic) bond motifs is 1. The Bertz CT molecular complexity index is 933. The fraction of sp³-hybridized carbons (Fsp3) is 0.190. The molecule has 27 heavy (non-hydrogen) atoms. The first-order valence-electron chi connectivity index (χ1n) is 8.87. The Morgan fingerprint density at radius 2 is 1.56 bits per heavy atom. The predicted octanol–water partition coefficient (Wildman–Crippen LogP) is 3.71. The maximum Gasteiger partial charge on any atom is 0.261 e. The SMILES string of the molecule is O=C1c2ccccc2C(=O)N1CCCSc1nccn1Cc1ccccc1. The molecule has 0 N–H and O–H groups in total. The molecule has 0 unspecified atom stereocenters. The topological polar surface area (TPSA) is 55.2 Å². The molecule has 2 heterocycles. The van der Waals surface area contributed by atoms with E-state index in [0.29, 0.717) is 17.7 Å². The summed E-state index contributed by atoms with van der Waals surface area (Å²) in [6, 6.07) is 17.3. The van der Waals surface area contributed by atoms with E-state index in [4.69, 9.17) is 0 Å². The number of nitrogens with zero attached hydrogens (tertiary/aromatic N) is 3. The van der Waals surface area contributed by atoms with Gasteiger partial charge in [-0.05, 0) is 24.1 Å². The van der Waals surface area contributed by atoms with Crippen molar-refractivity contribution in [1.29, 1.82) is 0 Å². The minimum absolute atomic E-state index is 0.189. The summed E-state index contributed by atoms with van der Waals surface area (Å²) in [5.74, 6) is 0.413. The third kappa shape index (κ3) is 3.66. The number of thioether (sulfide) groups is 1. The molecule has 136 valence electrons. The van der Waals surface area contributed by atoms with Crippen molar-refractivity contribution in [2.24, 2.45) is 0 Å². The highest BCUT2D eigenvalue weighted by atomic mass is 32.2. The number of benzene rings is 2. The Balaban J connectivity index is 1.31. The van der Waals surface area contributed by atoms with Gasteiger partial charge in [0.15, 0.2) is 5.16 Å². The summed E-state index contributed by atoms with van der Waals surface area (Å²) in [4.78, 5) is 30.5. The standard InChI is InChI=1S/C21H19N3O2S/c25-19-17-9-4-5-10-18(17)20(26)24(19)12-6-14-27-21-22-11-13-23(21)15-16-7-2-1-3-8-16/h1-5,7-11,13H,6,12,14-15H2. The van der Waals surface area contributed by atoms with E-state index >= 15 is 0 Å². The number of rotatable bonds is 7. The van der Waals surface area contributed by atoms with Crippen LogP contribution >= 0.6 is 11.8 Å². The third-order valence-electron chi connectivity index (χ3n) is 4.51. The molecule has 3 aromatic rings. The molecule has 0 spiro atoms. The second kappa shape index (κ2) is 7.80. The Kier molecular flexibility index (Phi) is 5.07. The predicted molar refractivity (Wildman–Crippen MR) is 105 cm³/mol. The van der Waals surface area contributed by atoms with Gasteiger partial charge in [-0.2, -0.15) is 0 Å². The Hall–Kier alpha value is -2.86. The van der Waals surface area contributed by atoms with Crippen molar-refractivity contribution in [2.75, 3.05) is 12.3 Å². The van der Waals surface area contributed by atoms with Gasteiger partial charge in [-0.15, -0.1) is 0 Å². The van der Waals surface area contributed by atoms with Gasteiger partial charge in [-0.25, -0.2) is 4.98 Å². The lowest BCUT2D eigenvalue weighted by Gasteiger charge is -2.13. The van der Waals surface area contributed by atoms with Crippen LogP contribution in [0.25, 0.3) is 0 Å². The van der Waals surface area contributed by atoms with Gasteiger partial charge in [0.05, 0.1) is 11.1 Å². The van der Waals surface area contributed by atoms with Crippen LogP contribution in [-0.4, -0.2) is 38.6 Å². The minimum atomic E-state index is -0.189. The summed E-state index contributed by atoms with van der Waals surface area (Å²) < 4.78 is 2.11. The van der Waals surface area contributed by atoms with Crippen molar-refractivity contribution in [3.8, 4) is 0 Å². The fourth-order valence-electron chi connectivity index (χ4n) is 3.16. The number of imide groups is 1. The van der Waals surface area contributed by atoms with Crippen LogP contribution in [0.15, 0.2) is 72.1 Å². The zero-order valence-corrected chi connectivity index (χ0v) is 15.6. The van der Waals surface area contributed by atoms with Crippen molar-refractivity contribution in [3.63, 3.8) is 0 Å². The van der Waals surface area contributed by atoms with Gasteiger partial charge < -0.3 is 4.57 Å². The summed E-state index contributed by atoms with van der Waals surface area (Å²) in [5.41, 5.74) is 2.24. The third-order valence-corrected chi connectivity index (χ3v) is 5.60. The van der Waals surface area contributed by atoms with Crippen LogP contribution in [0.2, 0.25) is 0 Å². The average Bonchev–Trinajstić information content (AvgIpc) is 3.23. The van der Waals surface area contributed by atoms with Crippen molar-refractivity contribution >= 4 is 23.6 Å². The zero-order valence-electron chi connectivity index (χ0n) is 14.7. The molecule has 1 aromatic heterocycles. The monoisotopic (exact) mass is 377 g/mol. The molecule has 0 atom stereocenters. The molecule has 6 heteroatoms. The molecule has 0 fully saturated rings. The number of hydrogen-bond donors (Lipinski definition) is 0. The van der Waals surface area contributed by atoms with Crippen molar-refractivity contribution in [1.82, 2.24) is 14.5 Å². The summed E-state index contributed by atoms with van der Waals surface area (Å²) in [7, 11) is 0. The fourth-order valence-corrected chi connectivity index (χ4v) is 4.05. The molecule has 2 aromatic carbocycles. The molecular formula is C21H19N3O2S. The molecule has 0 saturated heterocycles. The average molecular weight is 377 g/mol. The lowest BCUT2D eigenvalue weighted by Crippen LogP contribution is -2.31. The largest absolute Gasteiger partial charge is 0.322 e. The van der Waals surface area contributed by atoms with Crippen LogP contribution in [0.5, 0.6) is 0 Å². The van der Waals surface area contributed by atoms with Crippen LogP contribution in [0, 0.1) is 0 Å². The highest BCUT2D eigenvalue weighted by Crippen LogP contribution is 2.24. The first-order valence-corrected chi connectivity index (χ1v) is 9.85. The molecule has 0 radical (unpaired) electrons. The van der Waals surface area contributed by atoms with E-state index in [9.17, 15) is 9.59 Å². The lowest BCUT2D eigenvalue weighted by molar-refractivity contribution is 0.0655. The van der Waals surface area contributed by atoms with E-state index in [1.54, 1.807) is 42.2 Å². The molecule has 0 aliphatic carbocycles. The summed E-state index contributed by atoms with van der Waals surface area (Å²) in [6.45, 7) is 1.21. The van der Waals surface area contributed by atoms with Crippen molar-refractivity contribution in [3.05, 3.63) is 83.7 Å². The molecule has 0 bridgehead atoms. The highest BCUT2D eigenvalue weighted by Gasteiger charge is 2.34. The van der Waals surface area contributed by atoms with Gasteiger partial charge in [-0.3, -0.25) is 14.5 Å². The van der Waals surface area contributed by atoms with Crippen LogP contribution in [0.4, 0.5) is 0 Å². The second-order valence-electron chi connectivity index (χ2n) is 6.33. The molecule has 4 rings (SSSR count). The smallest absolute Gasteiger partial charge is 0.261 e. The van der Waals surface area contributed by atoms with E-state index in [0.717, 1.165) is 23.9 Å². The Morgan fingerprint density at radius 1 is 0.889 bits per heavy atom. The number of aromatic nitrogens is 2. The van der Waals surface area contributed by atoms with Gasteiger partial charge in [0.1, 0.15) is 0 Å². The van der Waals surface area contributed by atoms with Gasteiger partial charge >= 0.3 is 0 Å². The highest BCUT2D eigenvalue weighted by molar-refractivity contribution is 7.99. The molecular weight excluding hydrogens is 358 g/mol. The van der Waals surface area contributed by atoms with Crippen LogP contribution < -0.4 is 0 Å². The van der Waals surface area contributed by atoms with Gasteiger partial charge in [0.2, 0.25) is 0 Å². The van der Waals surface area contributed by atoms with Gasteiger partial charge in [-0.1, -0.05) is 54.2 Å². The summed E-state index contributed by atoms with van der Waals surface area (Å²) in [6.07, 6.45) is 4.50. The van der Waals surface area contributed by atoms with E-state index in [1.165, 1.54) is 10.5 Å². The number of carbonyl (C=O) groups excluding carboxylic acids is 2. The first kappa shape index (κ1) is 17.5. The second-order valence-corrected chi connectivity index (χ2v) is 7.39. The summed E-state index contributed by atoms with van der Waals surface area (Å²) in [5, 5.41) is 0.946. The van der Waals surface area contributed by atoms with Crippen molar-refractivity contribution < 1.29 is 9.59 Å². The molecule has 1 aliphatic heterocycles. The molecule has 5 nitrogen and oxygen atoms in total. The van der Waals surface area contributed by atoms with E-state index in [1.807, 2.05) is 24.4 Å². The van der Waals surface area contributed by atoms with Crippen LogP contribution in [-0.2, 0) is 6.54 Å². The minimum Gasteiger partial charge on any atom is -0.322 e. The lowest BCUT2D eigenvalue weighted by atomic mass is 10.1. The number of amides is 2. The Labute approximate surface area is 162 Å². The normalized spacial score (nSPS) is 13.3. The van der Waals surface area contributed by atoms with Crippen LogP contribution in [0.1, 0.15) is 32.7 Å². The molecule has 2 amide bonds. The number of hydrogen-bond acceptors (Lipinski definition) is 4. The van der Waals surface area contributed by atoms with Gasteiger partial charge in [0, 0.05) is 31.2 Å². The van der Waals surface area contributed by atoms with Crippen LogP contribution in [0.3, 0.4) is 0 Å². The van der Waals surface area contributed by atoms with Crippen molar-refractivity contribution in [2.45, 2.75) is 18.1 Å². The quantitative estimate of drug-likeness (QED) is 0.358. The molecule has 1 aliphatic rings. The summed E-state index contributed by atoms with van der Waals surface area (Å²) >= 11 is 1.65. The van der Waals surface area contributed by atoms with E-state index in [2.05, 4.69) is 21.7 Å². The Morgan fingerprint density at radius 3 is 2.26 bits per heavy atom. The zero-order chi connectivity index (χ0) is 18.6.